The first kappa shape index (κ1) is 23.0. The molecule has 2 unspecified atom stereocenters. The summed E-state index contributed by atoms with van der Waals surface area (Å²) in [6, 6.07) is 22.3. The van der Waals surface area contributed by atoms with Crippen molar-refractivity contribution in [3.8, 4) is 0 Å². The van der Waals surface area contributed by atoms with Crippen LogP contribution in [0.5, 0.6) is 0 Å². The van der Waals surface area contributed by atoms with Gasteiger partial charge < -0.3 is 11.1 Å². The fourth-order valence-corrected chi connectivity index (χ4v) is 8.40. The second-order valence-electron chi connectivity index (χ2n) is 12.1. The van der Waals surface area contributed by atoms with Crippen molar-refractivity contribution in [2.24, 2.45) is 28.9 Å². The zero-order valence-electron chi connectivity index (χ0n) is 20.9. The minimum Gasteiger partial charge on any atom is -0.353 e. The normalized spacial score (nSPS) is 35.6. The SMILES string of the molecule is NC[C@H]1CC[C@H](NC(=O)C23CC4CC(c5ccccc5)(CC(C2)C4=CCc2ccccc2)C3)CC1. The Morgan fingerprint density at radius 2 is 1.51 bits per heavy atom. The highest BCUT2D eigenvalue weighted by atomic mass is 16.2. The second kappa shape index (κ2) is 9.24. The number of carbonyl (C=O) groups excluding carboxylic acids is 1. The number of benzene rings is 2. The first-order valence-corrected chi connectivity index (χ1v) is 13.9. The summed E-state index contributed by atoms with van der Waals surface area (Å²) in [5, 5.41) is 3.56. The monoisotopic (exact) mass is 468 g/mol. The molecule has 1 amide bonds. The van der Waals surface area contributed by atoms with E-state index in [0.29, 0.717) is 29.7 Å². The maximum Gasteiger partial charge on any atom is 0.226 e. The zero-order valence-corrected chi connectivity index (χ0v) is 20.9. The van der Waals surface area contributed by atoms with Crippen LogP contribution in [0.25, 0.3) is 0 Å². The van der Waals surface area contributed by atoms with Gasteiger partial charge in [-0.05, 0) is 105 Å². The van der Waals surface area contributed by atoms with Crippen molar-refractivity contribution in [2.45, 2.75) is 75.7 Å². The Labute approximate surface area is 210 Å². The lowest BCUT2D eigenvalue weighted by Gasteiger charge is -2.62. The van der Waals surface area contributed by atoms with E-state index in [0.717, 1.165) is 57.9 Å². The molecule has 35 heavy (non-hydrogen) atoms. The van der Waals surface area contributed by atoms with Crippen molar-refractivity contribution in [3.05, 3.63) is 83.4 Å². The Bertz CT molecular complexity index is 1050. The lowest BCUT2D eigenvalue weighted by Crippen LogP contribution is -2.60. The van der Waals surface area contributed by atoms with Crippen LogP contribution in [0.2, 0.25) is 0 Å². The molecule has 0 heterocycles. The molecule has 0 aliphatic heterocycles. The molecule has 5 fully saturated rings. The predicted molar refractivity (Wildman–Crippen MR) is 142 cm³/mol. The fraction of sp³-hybridized carbons (Fsp3) is 0.531. The van der Waals surface area contributed by atoms with Crippen LogP contribution in [-0.4, -0.2) is 18.5 Å². The highest BCUT2D eigenvalue weighted by Gasteiger charge is 2.62. The smallest absolute Gasteiger partial charge is 0.226 e. The average Bonchev–Trinajstić information content (AvgIpc) is 2.89. The van der Waals surface area contributed by atoms with E-state index in [2.05, 4.69) is 72.1 Å². The molecule has 2 aromatic rings. The van der Waals surface area contributed by atoms with Crippen LogP contribution in [-0.2, 0) is 16.6 Å². The van der Waals surface area contributed by atoms with E-state index < -0.39 is 0 Å². The number of rotatable bonds is 6. The van der Waals surface area contributed by atoms with E-state index in [1.54, 1.807) is 5.57 Å². The van der Waals surface area contributed by atoms with Gasteiger partial charge in [0.25, 0.3) is 0 Å². The molecular formula is C32H40N2O. The van der Waals surface area contributed by atoms with E-state index in [1.165, 1.54) is 24.0 Å². The molecule has 5 aliphatic rings. The van der Waals surface area contributed by atoms with Crippen molar-refractivity contribution in [3.63, 3.8) is 0 Å². The zero-order chi connectivity index (χ0) is 23.9. The van der Waals surface area contributed by atoms with Gasteiger partial charge in [-0.2, -0.15) is 0 Å². The van der Waals surface area contributed by atoms with E-state index in [9.17, 15) is 4.79 Å². The van der Waals surface area contributed by atoms with Gasteiger partial charge in [-0.25, -0.2) is 0 Å². The van der Waals surface area contributed by atoms with Crippen molar-refractivity contribution in [2.75, 3.05) is 6.54 Å². The van der Waals surface area contributed by atoms with Crippen LogP contribution >= 0.6 is 0 Å². The van der Waals surface area contributed by atoms with Crippen LogP contribution in [0.3, 0.4) is 0 Å². The molecule has 3 nitrogen and oxygen atoms in total. The Morgan fingerprint density at radius 3 is 2.14 bits per heavy atom. The topological polar surface area (TPSA) is 55.1 Å². The lowest BCUT2D eigenvalue weighted by molar-refractivity contribution is -0.145. The molecule has 2 aromatic carbocycles. The van der Waals surface area contributed by atoms with Crippen LogP contribution in [0.4, 0.5) is 0 Å². The number of nitrogens with one attached hydrogen (secondary N) is 1. The van der Waals surface area contributed by atoms with Gasteiger partial charge >= 0.3 is 0 Å². The summed E-state index contributed by atoms with van der Waals surface area (Å²) in [5.41, 5.74) is 10.3. The molecular weight excluding hydrogens is 428 g/mol. The predicted octanol–water partition coefficient (Wildman–Crippen LogP) is 5.94. The highest BCUT2D eigenvalue weighted by molar-refractivity contribution is 5.84. The number of hydrogen-bond acceptors (Lipinski definition) is 2. The number of hydrogen-bond donors (Lipinski definition) is 2. The summed E-state index contributed by atoms with van der Waals surface area (Å²) < 4.78 is 0. The third-order valence-corrected chi connectivity index (χ3v) is 9.97. The Balaban J connectivity index is 1.27. The van der Waals surface area contributed by atoms with Gasteiger partial charge in [0.1, 0.15) is 0 Å². The molecule has 2 atom stereocenters. The standard InChI is InChI=1S/C32H40N2O/c33-21-24-11-14-28(15-12-24)34-30(35)32-19-25-17-31(22-32,27-9-5-2-6-10-27)18-26(20-32)29(25)16-13-23-7-3-1-4-8-23/h1-10,16,24-26,28H,11-15,17-22,33H2,(H,34,35)/t24-,25?,26?,28-,31?,32?. The van der Waals surface area contributed by atoms with Crippen molar-refractivity contribution in [1.29, 1.82) is 0 Å². The molecule has 5 saturated carbocycles. The van der Waals surface area contributed by atoms with Crippen LogP contribution in [0.1, 0.15) is 68.9 Å². The third-order valence-electron chi connectivity index (χ3n) is 9.97. The molecule has 0 spiro atoms. The first-order valence-electron chi connectivity index (χ1n) is 13.9. The van der Waals surface area contributed by atoms with Gasteiger partial charge in [-0.1, -0.05) is 72.3 Å². The van der Waals surface area contributed by atoms with Crippen LogP contribution in [0, 0.1) is 23.2 Å². The van der Waals surface area contributed by atoms with Crippen molar-refractivity contribution >= 4 is 5.91 Å². The summed E-state index contributed by atoms with van der Waals surface area (Å²) in [6.07, 6.45) is 13.5. The van der Waals surface area contributed by atoms with Crippen molar-refractivity contribution in [1.82, 2.24) is 5.32 Å². The minimum atomic E-state index is -0.212. The maximum atomic E-state index is 14.0. The first-order chi connectivity index (χ1) is 17.1. The van der Waals surface area contributed by atoms with Gasteiger partial charge in [0.2, 0.25) is 5.91 Å². The molecule has 0 aromatic heterocycles. The molecule has 0 radical (unpaired) electrons. The maximum absolute atomic E-state index is 14.0. The number of carbonyl (C=O) groups is 1. The molecule has 3 heteroatoms. The van der Waals surface area contributed by atoms with E-state index in [4.69, 9.17) is 5.73 Å². The molecule has 5 aliphatic carbocycles. The Morgan fingerprint density at radius 1 is 0.886 bits per heavy atom. The summed E-state index contributed by atoms with van der Waals surface area (Å²) in [6.45, 7) is 0.783. The quantitative estimate of drug-likeness (QED) is 0.516. The van der Waals surface area contributed by atoms with Gasteiger partial charge in [-0.15, -0.1) is 0 Å². The third kappa shape index (κ3) is 4.27. The van der Waals surface area contributed by atoms with Gasteiger partial charge in [0.05, 0.1) is 5.41 Å². The highest BCUT2D eigenvalue weighted by Crippen LogP contribution is 2.67. The van der Waals surface area contributed by atoms with E-state index in [-0.39, 0.29) is 10.8 Å². The molecule has 3 N–H and O–H groups in total. The molecule has 4 bridgehead atoms. The van der Waals surface area contributed by atoms with Gasteiger partial charge in [-0.3, -0.25) is 4.79 Å². The molecule has 0 saturated heterocycles. The summed E-state index contributed by atoms with van der Waals surface area (Å²) in [5.74, 6) is 2.05. The largest absolute Gasteiger partial charge is 0.353 e. The fourth-order valence-electron chi connectivity index (χ4n) is 8.40. The van der Waals surface area contributed by atoms with E-state index >= 15 is 0 Å². The summed E-state index contributed by atoms with van der Waals surface area (Å²) >= 11 is 0. The van der Waals surface area contributed by atoms with E-state index in [1.807, 2.05) is 0 Å². The molecule has 7 rings (SSSR count). The Kier molecular flexibility index (Phi) is 6.08. The average molecular weight is 469 g/mol. The number of allylic oxidation sites excluding steroid dienone is 2. The van der Waals surface area contributed by atoms with Crippen LogP contribution < -0.4 is 11.1 Å². The summed E-state index contributed by atoms with van der Waals surface area (Å²) in [4.78, 5) is 14.0. The van der Waals surface area contributed by atoms with Gasteiger partial charge in [0.15, 0.2) is 0 Å². The molecule has 184 valence electrons. The Hall–Kier alpha value is -2.39. The second-order valence-corrected chi connectivity index (χ2v) is 12.1. The lowest BCUT2D eigenvalue weighted by atomic mass is 9.41. The summed E-state index contributed by atoms with van der Waals surface area (Å²) in [7, 11) is 0. The van der Waals surface area contributed by atoms with Crippen molar-refractivity contribution < 1.29 is 4.79 Å². The van der Waals surface area contributed by atoms with Gasteiger partial charge in [0, 0.05) is 6.04 Å². The number of nitrogens with two attached hydrogens (primary N) is 1. The number of amides is 1. The minimum absolute atomic E-state index is 0.145. The van der Waals surface area contributed by atoms with Crippen LogP contribution in [0.15, 0.2) is 72.3 Å².